The first-order valence-corrected chi connectivity index (χ1v) is 5.58. The van der Waals surface area contributed by atoms with Gasteiger partial charge >= 0.3 is 0 Å². The SMILES string of the molecule is COC=O.O=C(Nc1ccc(Cl)cc1)C1CC1. The van der Waals surface area contributed by atoms with E-state index < -0.39 is 0 Å². The van der Waals surface area contributed by atoms with Gasteiger partial charge in [0.1, 0.15) is 0 Å². The van der Waals surface area contributed by atoms with Crippen LogP contribution in [0, 0.1) is 5.92 Å². The Morgan fingerprint density at radius 1 is 1.41 bits per heavy atom. The van der Waals surface area contributed by atoms with Crippen molar-refractivity contribution < 1.29 is 14.3 Å². The Hall–Kier alpha value is -1.55. The van der Waals surface area contributed by atoms with Crippen molar-refractivity contribution in [2.24, 2.45) is 5.92 Å². The highest BCUT2D eigenvalue weighted by atomic mass is 35.5. The van der Waals surface area contributed by atoms with Gasteiger partial charge in [-0.2, -0.15) is 0 Å². The Morgan fingerprint density at radius 3 is 2.35 bits per heavy atom. The summed E-state index contributed by atoms with van der Waals surface area (Å²) in [4.78, 5) is 20.3. The monoisotopic (exact) mass is 255 g/mol. The molecule has 2 rings (SSSR count). The number of hydrogen-bond donors (Lipinski definition) is 1. The molecule has 0 atom stereocenters. The number of hydrogen-bond acceptors (Lipinski definition) is 3. The third kappa shape index (κ3) is 5.36. The molecule has 0 spiro atoms. The van der Waals surface area contributed by atoms with Gasteiger partial charge in [0.15, 0.2) is 0 Å². The number of ether oxygens (including phenoxy) is 1. The van der Waals surface area contributed by atoms with Crippen molar-refractivity contribution in [2.45, 2.75) is 12.8 Å². The Labute approximate surface area is 105 Å². The van der Waals surface area contributed by atoms with Gasteiger partial charge in [-0.25, -0.2) is 0 Å². The fraction of sp³-hybridized carbons (Fsp3) is 0.333. The quantitative estimate of drug-likeness (QED) is 0.845. The van der Waals surface area contributed by atoms with Gasteiger partial charge in [-0.05, 0) is 37.1 Å². The molecule has 0 bridgehead atoms. The van der Waals surface area contributed by atoms with Crippen LogP contribution in [0.1, 0.15) is 12.8 Å². The van der Waals surface area contributed by atoms with E-state index in [1.165, 1.54) is 7.11 Å². The van der Waals surface area contributed by atoms with Crippen molar-refractivity contribution in [1.82, 2.24) is 0 Å². The molecule has 0 heterocycles. The van der Waals surface area contributed by atoms with Crippen molar-refractivity contribution in [2.75, 3.05) is 12.4 Å². The van der Waals surface area contributed by atoms with Crippen LogP contribution in [-0.2, 0) is 14.3 Å². The second-order valence-electron chi connectivity index (χ2n) is 3.60. The Morgan fingerprint density at radius 2 is 1.94 bits per heavy atom. The highest BCUT2D eigenvalue weighted by molar-refractivity contribution is 6.30. The van der Waals surface area contributed by atoms with E-state index in [-0.39, 0.29) is 11.8 Å². The fourth-order valence-corrected chi connectivity index (χ4v) is 1.25. The van der Waals surface area contributed by atoms with E-state index in [2.05, 4.69) is 10.1 Å². The van der Waals surface area contributed by atoms with Crippen LogP contribution < -0.4 is 5.32 Å². The first kappa shape index (κ1) is 13.5. The second kappa shape index (κ2) is 6.91. The summed E-state index contributed by atoms with van der Waals surface area (Å²) in [5.74, 6) is 0.373. The van der Waals surface area contributed by atoms with Gasteiger partial charge in [0.25, 0.3) is 6.47 Å². The van der Waals surface area contributed by atoms with Gasteiger partial charge in [-0.1, -0.05) is 11.6 Å². The second-order valence-corrected chi connectivity index (χ2v) is 4.04. The van der Waals surface area contributed by atoms with Gasteiger partial charge in [-0.15, -0.1) is 0 Å². The van der Waals surface area contributed by atoms with Crippen LogP contribution >= 0.6 is 11.6 Å². The van der Waals surface area contributed by atoms with Gasteiger partial charge in [0, 0.05) is 16.6 Å². The summed E-state index contributed by atoms with van der Waals surface area (Å²) in [6.45, 7) is 0.375. The third-order valence-electron chi connectivity index (χ3n) is 2.16. The molecule has 1 aliphatic carbocycles. The number of nitrogens with one attached hydrogen (secondary N) is 1. The molecule has 0 aliphatic heterocycles. The molecular weight excluding hydrogens is 242 g/mol. The number of methoxy groups -OCH3 is 1. The number of rotatable bonds is 3. The molecule has 1 fully saturated rings. The van der Waals surface area contributed by atoms with E-state index in [9.17, 15) is 4.79 Å². The van der Waals surface area contributed by atoms with Crippen LogP contribution in [0.15, 0.2) is 24.3 Å². The van der Waals surface area contributed by atoms with Crippen LogP contribution in [0.3, 0.4) is 0 Å². The summed E-state index contributed by atoms with van der Waals surface area (Å²) in [6.07, 6.45) is 2.05. The van der Waals surface area contributed by atoms with E-state index in [0.29, 0.717) is 11.5 Å². The van der Waals surface area contributed by atoms with E-state index in [0.717, 1.165) is 18.5 Å². The van der Waals surface area contributed by atoms with Gasteiger partial charge in [0.2, 0.25) is 5.91 Å². The summed E-state index contributed by atoms with van der Waals surface area (Å²) in [6, 6.07) is 7.15. The van der Waals surface area contributed by atoms with E-state index >= 15 is 0 Å². The maximum atomic E-state index is 11.3. The molecule has 0 saturated heterocycles. The van der Waals surface area contributed by atoms with Crippen LogP contribution in [0.4, 0.5) is 5.69 Å². The fourth-order valence-electron chi connectivity index (χ4n) is 1.12. The average molecular weight is 256 g/mol. The number of carbonyl (C=O) groups is 2. The molecule has 0 aromatic heterocycles. The minimum atomic E-state index is 0.127. The smallest absolute Gasteiger partial charge is 0.292 e. The predicted octanol–water partition coefficient (Wildman–Crippen LogP) is 2.48. The lowest BCUT2D eigenvalue weighted by Gasteiger charge is -2.02. The summed E-state index contributed by atoms with van der Waals surface area (Å²) in [5.41, 5.74) is 0.821. The minimum absolute atomic E-state index is 0.127. The van der Waals surface area contributed by atoms with Crippen LogP contribution in [0.5, 0.6) is 0 Å². The zero-order valence-corrected chi connectivity index (χ0v) is 10.2. The molecule has 1 N–H and O–H groups in total. The largest absolute Gasteiger partial charge is 0.471 e. The highest BCUT2D eigenvalue weighted by Crippen LogP contribution is 2.30. The number of carbonyl (C=O) groups excluding carboxylic acids is 2. The molecule has 1 amide bonds. The molecule has 1 saturated carbocycles. The van der Waals surface area contributed by atoms with E-state index in [1.54, 1.807) is 12.1 Å². The minimum Gasteiger partial charge on any atom is -0.471 e. The number of anilines is 1. The average Bonchev–Trinajstić information content (AvgIpc) is 3.16. The molecule has 1 aliphatic rings. The standard InChI is InChI=1S/C10H10ClNO.C2H4O2/c11-8-3-5-9(6-4-8)12-10(13)7-1-2-7;1-4-2-3/h3-7H,1-2H2,(H,12,13);2H,1H3. The Balaban J connectivity index is 0.000000317. The molecule has 4 nitrogen and oxygen atoms in total. The number of amides is 1. The van der Waals surface area contributed by atoms with Crippen molar-refractivity contribution in [3.8, 4) is 0 Å². The number of halogens is 1. The lowest BCUT2D eigenvalue weighted by atomic mass is 10.3. The topological polar surface area (TPSA) is 55.4 Å². The van der Waals surface area contributed by atoms with Crippen molar-refractivity contribution in [1.29, 1.82) is 0 Å². The first-order chi connectivity index (χ1) is 8.17. The molecule has 17 heavy (non-hydrogen) atoms. The lowest BCUT2D eigenvalue weighted by molar-refractivity contribution is -0.126. The van der Waals surface area contributed by atoms with Gasteiger partial charge in [0.05, 0.1) is 7.11 Å². The van der Waals surface area contributed by atoms with E-state index in [4.69, 9.17) is 16.4 Å². The molecule has 0 radical (unpaired) electrons. The van der Waals surface area contributed by atoms with Crippen molar-refractivity contribution >= 4 is 29.7 Å². The zero-order chi connectivity index (χ0) is 12.7. The molecular formula is C12H14ClNO3. The van der Waals surface area contributed by atoms with Crippen LogP contribution in [0.25, 0.3) is 0 Å². The predicted molar refractivity (Wildman–Crippen MR) is 65.9 cm³/mol. The zero-order valence-electron chi connectivity index (χ0n) is 9.48. The van der Waals surface area contributed by atoms with Gasteiger partial charge in [-0.3, -0.25) is 9.59 Å². The third-order valence-corrected chi connectivity index (χ3v) is 2.41. The Bertz CT molecular complexity index is 374. The Kier molecular flexibility index (Phi) is 5.49. The maximum absolute atomic E-state index is 11.3. The molecule has 5 heteroatoms. The summed E-state index contributed by atoms with van der Waals surface area (Å²) in [5, 5.41) is 3.52. The van der Waals surface area contributed by atoms with Crippen LogP contribution in [0.2, 0.25) is 5.02 Å². The van der Waals surface area contributed by atoms with Crippen molar-refractivity contribution in [3.63, 3.8) is 0 Å². The normalized spacial score (nSPS) is 13.1. The summed E-state index contributed by atoms with van der Waals surface area (Å²) < 4.78 is 3.86. The lowest BCUT2D eigenvalue weighted by Crippen LogP contribution is -2.12. The van der Waals surface area contributed by atoms with Crippen molar-refractivity contribution in [3.05, 3.63) is 29.3 Å². The highest BCUT2D eigenvalue weighted by Gasteiger charge is 2.29. The maximum Gasteiger partial charge on any atom is 0.292 e. The number of benzene rings is 1. The van der Waals surface area contributed by atoms with Crippen LogP contribution in [-0.4, -0.2) is 19.5 Å². The summed E-state index contributed by atoms with van der Waals surface area (Å²) >= 11 is 5.71. The first-order valence-electron chi connectivity index (χ1n) is 5.20. The molecule has 1 aromatic carbocycles. The van der Waals surface area contributed by atoms with E-state index in [1.807, 2.05) is 12.1 Å². The summed E-state index contributed by atoms with van der Waals surface area (Å²) in [7, 11) is 1.31. The molecule has 92 valence electrons. The molecule has 0 unspecified atom stereocenters. The van der Waals surface area contributed by atoms with Gasteiger partial charge < -0.3 is 10.1 Å². The molecule has 1 aromatic rings.